The van der Waals surface area contributed by atoms with Gasteiger partial charge in [-0.2, -0.15) is 0 Å². The van der Waals surface area contributed by atoms with Crippen molar-refractivity contribution < 1.29 is 0 Å². The maximum absolute atomic E-state index is 4.43. The molecule has 2 atom stereocenters. The molecule has 0 aliphatic heterocycles. The first kappa shape index (κ1) is 10.6. The number of anilines is 1. The van der Waals surface area contributed by atoms with Crippen LogP contribution in [0.1, 0.15) is 32.2 Å². The predicted octanol–water partition coefficient (Wildman–Crippen LogP) is 2.83. The fourth-order valence-electron chi connectivity index (χ4n) is 2.89. The Balaban J connectivity index is 2.06. The first-order valence-electron chi connectivity index (χ1n) is 6.29. The zero-order valence-corrected chi connectivity index (χ0v) is 10.3. The Morgan fingerprint density at radius 3 is 2.94 bits per heavy atom. The average Bonchev–Trinajstić information content (AvgIpc) is 2.94. The number of hydrogen-bond acceptors (Lipinski definition) is 3. The SMILES string of the molecule is CNc1ncnc2c1ccn2[C@H]1CC[C@H](C)C1. The highest BCUT2D eigenvalue weighted by Gasteiger charge is 2.24. The predicted molar refractivity (Wildman–Crippen MR) is 69.1 cm³/mol. The highest BCUT2D eigenvalue weighted by atomic mass is 15.1. The number of aromatic nitrogens is 3. The fourth-order valence-corrected chi connectivity index (χ4v) is 2.89. The molecule has 0 saturated heterocycles. The minimum atomic E-state index is 0.613. The molecular weight excluding hydrogens is 212 g/mol. The molecule has 0 radical (unpaired) electrons. The number of nitrogens with one attached hydrogen (secondary N) is 1. The average molecular weight is 230 g/mol. The molecule has 1 fully saturated rings. The molecule has 0 unspecified atom stereocenters. The van der Waals surface area contributed by atoms with Crippen molar-refractivity contribution in [3.63, 3.8) is 0 Å². The van der Waals surface area contributed by atoms with E-state index in [0.29, 0.717) is 6.04 Å². The van der Waals surface area contributed by atoms with Gasteiger partial charge in [-0.25, -0.2) is 9.97 Å². The Hall–Kier alpha value is -1.58. The Kier molecular flexibility index (Phi) is 2.50. The Bertz CT molecular complexity index is 531. The van der Waals surface area contributed by atoms with Crippen LogP contribution in [-0.4, -0.2) is 21.6 Å². The van der Waals surface area contributed by atoms with Crippen molar-refractivity contribution in [2.45, 2.75) is 32.2 Å². The second-order valence-corrected chi connectivity index (χ2v) is 5.00. The summed E-state index contributed by atoms with van der Waals surface area (Å²) in [6, 6.07) is 2.73. The van der Waals surface area contributed by atoms with Gasteiger partial charge in [-0.15, -0.1) is 0 Å². The summed E-state index contributed by atoms with van der Waals surface area (Å²) in [5.74, 6) is 1.75. The van der Waals surface area contributed by atoms with Crippen molar-refractivity contribution in [2.24, 2.45) is 5.92 Å². The minimum Gasteiger partial charge on any atom is -0.372 e. The van der Waals surface area contributed by atoms with Gasteiger partial charge in [0, 0.05) is 19.3 Å². The van der Waals surface area contributed by atoms with Crippen molar-refractivity contribution >= 4 is 16.9 Å². The molecule has 4 nitrogen and oxygen atoms in total. The zero-order valence-electron chi connectivity index (χ0n) is 10.3. The molecule has 17 heavy (non-hydrogen) atoms. The minimum absolute atomic E-state index is 0.613. The van der Waals surface area contributed by atoms with Gasteiger partial charge in [0.1, 0.15) is 17.8 Å². The summed E-state index contributed by atoms with van der Waals surface area (Å²) in [7, 11) is 1.90. The summed E-state index contributed by atoms with van der Waals surface area (Å²) < 4.78 is 2.32. The first-order valence-corrected chi connectivity index (χ1v) is 6.29. The number of hydrogen-bond donors (Lipinski definition) is 1. The van der Waals surface area contributed by atoms with Gasteiger partial charge in [0.05, 0.1) is 5.39 Å². The van der Waals surface area contributed by atoms with Gasteiger partial charge in [-0.3, -0.25) is 0 Å². The molecule has 3 rings (SSSR count). The van der Waals surface area contributed by atoms with Crippen LogP contribution in [-0.2, 0) is 0 Å². The van der Waals surface area contributed by atoms with Crippen molar-refractivity contribution in [3.05, 3.63) is 18.6 Å². The standard InChI is InChI=1S/C13H18N4/c1-9-3-4-10(7-9)17-6-5-11-12(14-2)15-8-16-13(11)17/h5-6,8-10H,3-4,7H2,1-2H3,(H,14,15,16)/t9-,10-/m0/s1. The number of nitrogens with zero attached hydrogens (tertiary/aromatic N) is 3. The smallest absolute Gasteiger partial charge is 0.145 e. The fraction of sp³-hybridized carbons (Fsp3) is 0.538. The molecule has 0 bridgehead atoms. The molecule has 0 aromatic carbocycles. The third-order valence-electron chi connectivity index (χ3n) is 3.81. The molecule has 1 saturated carbocycles. The van der Waals surface area contributed by atoms with Gasteiger partial charge in [-0.05, 0) is 31.2 Å². The van der Waals surface area contributed by atoms with Gasteiger partial charge in [-0.1, -0.05) is 6.92 Å². The maximum atomic E-state index is 4.43. The van der Waals surface area contributed by atoms with Crippen LogP contribution in [0.4, 0.5) is 5.82 Å². The lowest BCUT2D eigenvalue weighted by Gasteiger charge is -2.13. The van der Waals surface area contributed by atoms with Crippen molar-refractivity contribution in [2.75, 3.05) is 12.4 Å². The molecule has 2 heterocycles. The summed E-state index contributed by atoms with van der Waals surface area (Å²) in [4.78, 5) is 8.68. The van der Waals surface area contributed by atoms with Crippen molar-refractivity contribution in [3.8, 4) is 0 Å². The Morgan fingerprint density at radius 2 is 2.24 bits per heavy atom. The van der Waals surface area contributed by atoms with Gasteiger partial charge < -0.3 is 9.88 Å². The van der Waals surface area contributed by atoms with E-state index in [2.05, 4.69) is 39.0 Å². The summed E-state index contributed by atoms with van der Waals surface area (Å²) in [6.45, 7) is 2.33. The number of fused-ring (bicyclic) bond motifs is 1. The van der Waals surface area contributed by atoms with E-state index in [4.69, 9.17) is 0 Å². The van der Waals surface area contributed by atoms with E-state index in [-0.39, 0.29) is 0 Å². The topological polar surface area (TPSA) is 42.7 Å². The lowest BCUT2D eigenvalue weighted by molar-refractivity contribution is 0.504. The van der Waals surface area contributed by atoms with E-state index < -0.39 is 0 Å². The molecule has 1 N–H and O–H groups in total. The van der Waals surface area contributed by atoms with E-state index >= 15 is 0 Å². The van der Waals surface area contributed by atoms with Crippen LogP contribution in [0.15, 0.2) is 18.6 Å². The van der Waals surface area contributed by atoms with Crippen LogP contribution in [0.25, 0.3) is 11.0 Å². The van der Waals surface area contributed by atoms with Crippen LogP contribution in [0.2, 0.25) is 0 Å². The molecule has 1 aliphatic carbocycles. The lowest BCUT2D eigenvalue weighted by atomic mass is 10.1. The lowest BCUT2D eigenvalue weighted by Crippen LogP contribution is -2.05. The normalized spacial score (nSPS) is 24.4. The Labute approximate surface area is 101 Å². The molecule has 2 aromatic rings. The summed E-state index contributed by atoms with van der Waals surface area (Å²) in [6.07, 6.45) is 7.66. The molecular formula is C13H18N4. The summed E-state index contributed by atoms with van der Waals surface area (Å²) in [5, 5.41) is 4.24. The van der Waals surface area contributed by atoms with Crippen LogP contribution in [0, 0.1) is 5.92 Å². The summed E-state index contributed by atoms with van der Waals surface area (Å²) in [5.41, 5.74) is 1.06. The van der Waals surface area contributed by atoms with Gasteiger partial charge in [0.15, 0.2) is 0 Å². The van der Waals surface area contributed by atoms with Crippen LogP contribution < -0.4 is 5.32 Å². The van der Waals surface area contributed by atoms with Crippen LogP contribution >= 0.6 is 0 Å². The molecule has 1 aliphatic rings. The molecule has 0 spiro atoms. The molecule has 90 valence electrons. The van der Waals surface area contributed by atoms with Gasteiger partial charge >= 0.3 is 0 Å². The highest BCUT2D eigenvalue weighted by Crippen LogP contribution is 2.36. The molecule has 2 aromatic heterocycles. The van der Waals surface area contributed by atoms with E-state index in [0.717, 1.165) is 22.8 Å². The first-order chi connectivity index (χ1) is 8.29. The third-order valence-corrected chi connectivity index (χ3v) is 3.81. The zero-order chi connectivity index (χ0) is 11.8. The van der Waals surface area contributed by atoms with E-state index in [1.54, 1.807) is 6.33 Å². The van der Waals surface area contributed by atoms with Gasteiger partial charge in [0.25, 0.3) is 0 Å². The second kappa shape index (κ2) is 4.02. The number of rotatable bonds is 2. The third kappa shape index (κ3) is 1.68. The monoisotopic (exact) mass is 230 g/mol. The van der Waals surface area contributed by atoms with Gasteiger partial charge in [0.2, 0.25) is 0 Å². The molecule has 4 heteroatoms. The maximum Gasteiger partial charge on any atom is 0.145 e. The van der Waals surface area contributed by atoms with E-state index in [1.165, 1.54) is 19.3 Å². The van der Waals surface area contributed by atoms with Crippen molar-refractivity contribution in [1.82, 2.24) is 14.5 Å². The van der Waals surface area contributed by atoms with Crippen LogP contribution in [0.3, 0.4) is 0 Å². The van der Waals surface area contributed by atoms with Crippen molar-refractivity contribution in [1.29, 1.82) is 0 Å². The second-order valence-electron chi connectivity index (χ2n) is 5.00. The quantitative estimate of drug-likeness (QED) is 0.862. The highest BCUT2D eigenvalue weighted by molar-refractivity contribution is 5.87. The Morgan fingerprint density at radius 1 is 1.35 bits per heavy atom. The summed E-state index contributed by atoms with van der Waals surface area (Å²) >= 11 is 0. The van der Waals surface area contributed by atoms with E-state index in [9.17, 15) is 0 Å². The molecule has 0 amide bonds. The van der Waals surface area contributed by atoms with E-state index in [1.807, 2.05) is 7.05 Å². The largest absolute Gasteiger partial charge is 0.372 e. The van der Waals surface area contributed by atoms with Crippen LogP contribution in [0.5, 0.6) is 0 Å².